The molecule has 0 spiro atoms. The Balaban J connectivity index is 1.99. The van der Waals surface area contributed by atoms with Gasteiger partial charge in [0.05, 0.1) is 10.9 Å². The summed E-state index contributed by atoms with van der Waals surface area (Å²) in [5.74, 6) is 0.166. The average molecular weight is 376 g/mol. The van der Waals surface area contributed by atoms with Crippen molar-refractivity contribution in [1.82, 2.24) is 10.2 Å². The summed E-state index contributed by atoms with van der Waals surface area (Å²) in [5, 5.41) is 10.9. The summed E-state index contributed by atoms with van der Waals surface area (Å²) in [6, 6.07) is 4.87. The van der Waals surface area contributed by atoms with Gasteiger partial charge in [-0.3, -0.25) is 4.79 Å². The third kappa shape index (κ3) is 4.00. The molecule has 1 amide bonds. The number of hydrogen-bond acceptors (Lipinski definition) is 5. The summed E-state index contributed by atoms with van der Waals surface area (Å²) in [7, 11) is 0. The number of thioether (sulfide) groups is 1. The molecule has 0 radical (unpaired) electrons. The van der Waals surface area contributed by atoms with E-state index >= 15 is 0 Å². The number of aromatic nitrogens is 2. The molecule has 1 aromatic heterocycles. The highest BCUT2D eigenvalue weighted by Gasteiger charge is 2.12. The maximum Gasteiger partial charge on any atom is 0.230 e. The van der Waals surface area contributed by atoms with Gasteiger partial charge in [-0.2, -0.15) is 0 Å². The van der Waals surface area contributed by atoms with E-state index in [0.29, 0.717) is 15.2 Å². The van der Waals surface area contributed by atoms with Gasteiger partial charge < -0.3 is 5.32 Å². The highest BCUT2D eigenvalue weighted by Crippen LogP contribution is 2.25. The number of nitrogens with one attached hydrogen (secondary N) is 1. The van der Waals surface area contributed by atoms with Gasteiger partial charge in [-0.1, -0.05) is 42.2 Å². The molecule has 1 heterocycles. The second kappa shape index (κ2) is 7.14. The van der Waals surface area contributed by atoms with Gasteiger partial charge in [0.15, 0.2) is 4.34 Å². The van der Waals surface area contributed by atoms with Crippen LogP contribution in [0.3, 0.4) is 0 Å². The van der Waals surface area contributed by atoms with Crippen molar-refractivity contribution in [3.8, 4) is 0 Å². The molecule has 0 fully saturated rings. The summed E-state index contributed by atoms with van der Waals surface area (Å²) in [6.07, 6.45) is -0.0406. The van der Waals surface area contributed by atoms with E-state index in [9.17, 15) is 9.18 Å². The molecule has 8 heteroatoms. The maximum atomic E-state index is 13.7. The first-order chi connectivity index (χ1) is 9.60. The largest absolute Gasteiger partial charge is 0.300 e. The van der Waals surface area contributed by atoms with Crippen LogP contribution >= 0.6 is 39.0 Å². The molecule has 4 nitrogen and oxygen atoms in total. The fraction of sp³-hybridized carbons (Fsp3) is 0.250. The molecular weight excluding hydrogens is 365 g/mol. The van der Waals surface area contributed by atoms with Crippen LogP contribution in [0.4, 0.5) is 9.52 Å². The van der Waals surface area contributed by atoms with Gasteiger partial charge in [0.1, 0.15) is 5.82 Å². The topological polar surface area (TPSA) is 54.9 Å². The number of nitrogens with zero attached hydrogens (tertiary/aromatic N) is 2. The number of halogens is 2. The molecule has 20 heavy (non-hydrogen) atoms. The van der Waals surface area contributed by atoms with E-state index in [4.69, 9.17) is 0 Å². The van der Waals surface area contributed by atoms with Crippen LogP contribution in [0, 0.1) is 5.82 Å². The van der Waals surface area contributed by atoms with E-state index in [0.717, 1.165) is 10.1 Å². The SMILES string of the molecule is CCSc1nnc(NC(=O)Cc2cccc(Br)c2F)s1. The average Bonchev–Trinajstić information content (AvgIpc) is 2.83. The lowest BCUT2D eigenvalue weighted by molar-refractivity contribution is -0.115. The van der Waals surface area contributed by atoms with Crippen LogP contribution in [0.25, 0.3) is 0 Å². The molecule has 106 valence electrons. The van der Waals surface area contributed by atoms with Crippen LogP contribution < -0.4 is 5.32 Å². The molecule has 0 bridgehead atoms. The van der Waals surface area contributed by atoms with Crippen molar-refractivity contribution in [2.75, 3.05) is 11.1 Å². The number of carbonyl (C=O) groups is 1. The van der Waals surface area contributed by atoms with Crippen LogP contribution in [-0.4, -0.2) is 21.9 Å². The number of hydrogen-bond donors (Lipinski definition) is 1. The van der Waals surface area contributed by atoms with E-state index in [-0.39, 0.29) is 12.3 Å². The van der Waals surface area contributed by atoms with Crippen molar-refractivity contribution in [1.29, 1.82) is 0 Å². The number of carbonyl (C=O) groups excluding carboxylic acids is 1. The fourth-order valence-corrected chi connectivity index (χ4v) is 3.54. The van der Waals surface area contributed by atoms with Gasteiger partial charge in [0, 0.05) is 0 Å². The molecule has 0 aliphatic carbocycles. The Morgan fingerprint density at radius 3 is 3.05 bits per heavy atom. The molecular formula is C12H11BrFN3OS2. The molecule has 2 aromatic rings. The molecule has 2 rings (SSSR count). The van der Waals surface area contributed by atoms with Crippen molar-refractivity contribution in [3.63, 3.8) is 0 Å². The maximum absolute atomic E-state index is 13.7. The molecule has 0 unspecified atom stereocenters. The summed E-state index contributed by atoms with van der Waals surface area (Å²) < 4.78 is 14.9. The second-order valence-electron chi connectivity index (χ2n) is 3.74. The van der Waals surface area contributed by atoms with Crippen molar-refractivity contribution in [2.45, 2.75) is 17.7 Å². The molecule has 0 aliphatic rings. The molecule has 0 atom stereocenters. The highest BCUT2D eigenvalue weighted by atomic mass is 79.9. The third-order valence-electron chi connectivity index (χ3n) is 2.30. The van der Waals surface area contributed by atoms with Crippen LogP contribution in [0.2, 0.25) is 0 Å². The molecule has 1 N–H and O–H groups in total. The standard InChI is InChI=1S/C12H11BrFN3OS2/c1-2-19-12-17-16-11(20-12)15-9(18)6-7-4-3-5-8(13)10(7)14/h3-5H,2,6H2,1H3,(H,15,16,18). The summed E-state index contributed by atoms with van der Waals surface area (Å²) >= 11 is 5.96. The minimum atomic E-state index is -0.415. The van der Waals surface area contributed by atoms with E-state index in [1.165, 1.54) is 11.3 Å². The van der Waals surface area contributed by atoms with Crippen molar-refractivity contribution in [2.24, 2.45) is 0 Å². The Morgan fingerprint density at radius 2 is 2.30 bits per heavy atom. The van der Waals surface area contributed by atoms with Crippen molar-refractivity contribution in [3.05, 3.63) is 34.1 Å². The van der Waals surface area contributed by atoms with Crippen LogP contribution in [0.15, 0.2) is 27.0 Å². The monoisotopic (exact) mass is 375 g/mol. The minimum Gasteiger partial charge on any atom is -0.300 e. The van der Waals surface area contributed by atoms with E-state index in [2.05, 4.69) is 31.4 Å². The molecule has 0 saturated carbocycles. The number of anilines is 1. The van der Waals surface area contributed by atoms with Crippen molar-refractivity contribution < 1.29 is 9.18 Å². The summed E-state index contributed by atoms with van der Waals surface area (Å²) in [4.78, 5) is 11.9. The zero-order valence-electron chi connectivity index (χ0n) is 10.5. The lowest BCUT2D eigenvalue weighted by Gasteiger charge is -2.04. The Kier molecular flexibility index (Phi) is 5.50. The van der Waals surface area contributed by atoms with Gasteiger partial charge in [-0.25, -0.2) is 4.39 Å². The number of amides is 1. The predicted octanol–water partition coefficient (Wildman–Crippen LogP) is 3.73. The van der Waals surface area contributed by atoms with Gasteiger partial charge in [0.2, 0.25) is 11.0 Å². The number of benzene rings is 1. The quantitative estimate of drug-likeness (QED) is 0.638. The van der Waals surface area contributed by atoms with Gasteiger partial charge in [-0.15, -0.1) is 10.2 Å². The summed E-state index contributed by atoms with van der Waals surface area (Å²) in [6.45, 7) is 2.01. The second-order valence-corrected chi connectivity index (χ2v) is 7.09. The smallest absolute Gasteiger partial charge is 0.230 e. The van der Waals surface area contributed by atoms with Crippen LogP contribution in [0.5, 0.6) is 0 Å². The first-order valence-corrected chi connectivity index (χ1v) is 8.38. The molecule has 0 saturated heterocycles. The zero-order chi connectivity index (χ0) is 14.5. The minimum absolute atomic E-state index is 0.0406. The molecule has 0 aliphatic heterocycles. The van der Waals surface area contributed by atoms with E-state index in [1.807, 2.05) is 6.92 Å². The van der Waals surface area contributed by atoms with Gasteiger partial charge in [0.25, 0.3) is 0 Å². The lowest BCUT2D eigenvalue weighted by atomic mass is 10.1. The predicted molar refractivity (Wildman–Crippen MR) is 82.7 cm³/mol. The Hall–Kier alpha value is -0.990. The fourth-order valence-electron chi connectivity index (χ4n) is 1.46. The Morgan fingerprint density at radius 1 is 1.50 bits per heavy atom. The van der Waals surface area contributed by atoms with Crippen LogP contribution in [0.1, 0.15) is 12.5 Å². The molecule has 1 aromatic carbocycles. The third-order valence-corrected chi connectivity index (χ3v) is 4.77. The highest BCUT2D eigenvalue weighted by molar-refractivity contribution is 9.10. The van der Waals surface area contributed by atoms with E-state index in [1.54, 1.807) is 30.0 Å². The normalized spacial score (nSPS) is 10.6. The first kappa shape index (κ1) is 15.4. The summed E-state index contributed by atoms with van der Waals surface area (Å²) in [5.41, 5.74) is 0.338. The van der Waals surface area contributed by atoms with Gasteiger partial charge in [-0.05, 0) is 33.3 Å². The Bertz CT molecular complexity index is 620. The first-order valence-electron chi connectivity index (χ1n) is 5.79. The number of rotatable bonds is 5. The Labute approximate surface area is 132 Å². The zero-order valence-corrected chi connectivity index (χ0v) is 13.7. The van der Waals surface area contributed by atoms with E-state index < -0.39 is 5.82 Å². The van der Waals surface area contributed by atoms with Crippen LogP contribution in [-0.2, 0) is 11.2 Å². The van der Waals surface area contributed by atoms with Crippen molar-refractivity contribution >= 4 is 50.1 Å². The lowest BCUT2D eigenvalue weighted by Crippen LogP contribution is -2.15. The van der Waals surface area contributed by atoms with Gasteiger partial charge >= 0.3 is 0 Å².